The highest BCUT2D eigenvalue weighted by Gasteiger charge is 2.23. The van der Waals surface area contributed by atoms with E-state index in [1.54, 1.807) is 11.3 Å². The van der Waals surface area contributed by atoms with Crippen LogP contribution in [0.25, 0.3) is 0 Å². The van der Waals surface area contributed by atoms with Crippen LogP contribution < -0.4 is 10.1 Å². The molecule has 2 atom stereocenters. The highest BCUT2D eigenvalue weighted by molar-refractivity contribution is 7.10. The minimum Gasteiger partial charge on any atom is -0.488 e. The van der Waals surface area contributed by atoms with Crippen molar-refractivity contribution in [1.82, 2.24) is 5.32 Å². The minimum absolute atomic E-state index is 0.206. The summed E-state index contributed by atoms with van der Waals surface area (Å²) in [4.78, 5) is 1.39. The topological polar surface area (TPSA) is 21.3 Å². The lowest BCUT2D eigenvalue weighted by molar-refractivity contribution is 0.221. The van der Waals surface area contributed by atoms with E-state index in [1.807, 2.05) is 18.2 Å². The molecule has 1 aliphatic rings. The van der Waals surface area contributed by atoms with E-state index in [4.69, 9.17) is 16.3 Å². The predicted octanol–water partition coefficient (Wildman–Crippen LogP) is 4.45. The Labute approximate surface area is 128 Å². The van der Waals surface area contributed by atoms with Crippen LogP contribution in [0.15, 0.2) is 35.7 Å². The third-order valence-corrected chi connectivity index (χ3v) is 4.87. The summed E-state index contributed by atoms with van der Waals surface area (Å²) in [5, 5.41) is 6.53. The number of halogens is 1. The van der Waals surface area contributed by atoms with E-state index in [9.17, 15) is 0 Å². The van der Waals surface area contributed by atoms with E-state index in [0.29, 0.717) is 6.04 Å². The van der Waals surface area contributed by atoms with Crippen LogP contribution in [0, 0.1) is 0 Å². The molecule has 2 aromatic rings. The Kier molecular flexibility index (Phi) is 4.29. The maximum atomic E-state index is 6.02. The fourth-order valence-corrected chi connectivity index (χ4v) is 3.69. The van der Waals surface area contributed by atoms with Crippen LogP contribution in [0.4, 0.5) is 0 Å². The molecule has 0 saturated heterocycles. The lowest BCUT2D eigenvalue weighted by Gasteiger charge is -2.18. The lowest BCUT2D eigenvalue weighted by atomic mass is 10.1. The second kappa shape index (κ2) is 6.17. The molecule has 1 N–H and O–H groups in total. The van der Waals surface area contributed by atoms with Gasteiger partial charge in [0.2, 0.25) is 0 Å². The van der Waals surface area contributed by atoms with Crippen molar-refractivity contribution in [3.63, 3.8) is 0 Å². The molecule has 0 amide bonds. The molecular formula is C16H18ClNOS. The van der Waals surface area contributed by atoms with Crippen molar-refractivity contribution < 1.29 is 4.74 Å². The van der Waals surface area contributed by atoms with Crippen LogP contribution in [0.3, 0.4) is 0 Å². The molecule has 2 unspecified atom stereocenters. The monoisotopic (exact) mass is 307 g/mol. The van der Waals surface area contributed by atoms with Gasteiger partial charge in [-0.2, -0.15) is 0 Å². The van der Waals surface area contributed by atoms with Crippen molar-refractivity contribution in [1.29, 1.82) is 0 Å². The Morgan fingerprint density at radius 1 is 1.45 bits per heavy atom. The van der Waals surface area contributed by atoms with E-state index >= 15 is 0 Å². The largest absolute Gasteiger partial charge is 0.488 e. The minimum atomic E-state index is 0.206. The summed E-state index contributed by atoms with van der Waals surface area (Å²) >= 11 is 7.83. The molecule has 3 rings (SSSR count). The SMILES string of the molecule is CCC(NCC1Cc2cc(Cl)ccc2O1)c1cccs1. The van der Waals surface area contributed by atoms with Gasteiger partial charge in [-0.25, -0.2) is 0 Å². The van der Waals surface area contributed by atoms with Gasteiger partial charge in [0.05, 0.1) is 0 Å². The van der Waals surface area contributed by atoms with Crippen LogP contribution >= 0.6 is 22.9 Å². The van der Waals surface area contributed by atoms with Crippen LogP contribution in [0.5, 0.6) is 5.75 Å². The molecule has 1 aromatic carbocycles. The van der Waals surface area contributed by atoms with Gasteiger partial charge in [-0.15, -0.1) is 11.3 Å². The average molecular weight is 308 g/mol. The van der Waals surface area contributed by atoms with Crippen LogP contribution in [-0.2, 0) is 6.42 Å². The second-order valence-electron chi connectivity index (χ2n) is 5.08. The van der Waals surface area contributed by atoms with Crippen molar-refractivity contribution in [3.05, 3.63) is 51.2 Å². The zero-order valence-corrected chi connectivity index (χ0v) is 13.0. The molecule has 0 bridgehead atoms. The molecule has 0 fully saturated rings. The molecular weight excluding hydrogens is 290 g/mol. The van der Waals surface area contributed by atoms with Gasteiger partial charge in [0.1, 0.15) is 11.9 Å². The zero-order chi connectivity index (χ0) is 13.9. The third-order valence-electron chi connectivity index (χ3n) is 3.65. The van der Waals surface area contributed by atoms with Gasteiger partial charge in [-0.1, -0.05) is 24.6 Å². The molecule has 2 heterocycles. The van der Waals surface area contributed by atoms with E-state index < -0.39 is 0 Å². The van der Waals surface area contributed by atoms with Crippen LogP contribution in [0.1, 0.15) is 29.8 Å². The first-order valence-corrected chi connectivity index (χ1v) is 8.24. The number of fused-ring (bicyclic) bond motifs is 1. The number of ether oxygens (including phenoxy) is 1. The first-order valence-electron chi connectivity index (χ1n) is 6.98. The first kappa shape index (κ1) is 13.9. The molecule has 1 aromatic heterocycles. The molecule has 106 valence electrons. The van der Waals surface area contributed by atoms with Gasteiger partial charge in [0.25, 0.3) is 0 Å². The number of rotatable bonds is 5. The van der Waals surface area contributed by atoms with Gasteiger partial charge < -0.3 is 10.1 Å². The molecule has 4 heteroatoms. The highest BCUT2D eigenvalue weighted by Crippen LogP contribution is 2.31. The predicted molar refractivity (Wildman–Crippen MR) is 84.9 cm³/mol. The fraction of sp³-hybridized carbons (Fsp3) is 0.375. The Morgan fingerprint density at radius 3 is 3.10 bits per heavy atom. The second-order valence-corrected chi connectivity index (χ2v) is 6.50. The quantitative estimate of drug-likeness (QED) is 0.881. The van der Waals surface area contributed by atoms with Gasteiger partial charge >= 0.3 is 0 Å². The smallest absolute Gasteiger partial charge is 0.123 e. The van der Waals surface area contributed by atoms with Crippen molar-refractivity contribution in [3.8, 4) is 5.75 Å². The maximum absolute atomic E-state index is 6.02. The Morgan fingerprint density at radius 2 is 2.35 bits per heavy atom. The summed E-state index contributed by atoms with van der Waals surface area (Å²) in [7, 11) is 0. The summed E-state index contributed by atoms with van der Waals surface area (Å²) in [5.41, 5.74) is 1.22. The molecule has 0 radical (unpaired) electrons. The number of hydrogen-bond acceptors (Lipinski definition) is 3. The Hall–Kier alpha value is -1.03. The van der Waals surface area contributed by atoms with Gasteiger partial charge in [0.15, 0.2) is 0 Å². The Balaban J connectivity index is 1.58. The van der Waals surface area contributed by atoms with Crippen LogP contribution in [-0.4, -0.2) is 12.6 Å². The first-order chi connectivity index (χ1) is 9.76. The van der Waals surface area contributed by atoms with Crippen molar-refractivity contribution in [2.75, 3.05) is 6.54 Å². The number of nitrogens with one attached hydrogen (secondary N) is 1. The van der Waals surface area contributed by atoms with E-state index in [0.717, 1.165) is 30.2 Å². The molecule has 0 saturated carbocycles. The number of hydrogen-bond donors (Lipinski definition) is 1. The summed E-state index contributed by atoms with van der Waals surface area (Å²) < 4.78 is 5.96. The number of thiophene rings is 1. The molecule has 0 aliphatic carbocycles. The average Bonchev–Trinajstić information content (AvgIpc) is 3.08. The van der Waals surface area contributed by atoms with E-state index in [1.165, 1.54) is 10.4 Å². The maximum Gasteiger partial charge on any atom is 0.123 e. The normalized spacial score (nSPS) is 18.6. The van der Waals surface area contributed by atoms with Crippen molar-refractivity contribution in [2.45, 2.75) is 31.9 Å². The highest BCUT2D eigenvalue weighted by atomic mass is 35.5. The summed E-state index contributed by atoms with van der Waals surface area (Å²) in [6.07, 6.45) is 2.23. The summed E-state index contributed by atoms with van der Waals surface area (Å²) in [6.45, 7) is 3.07. The summed E-state index contributed by atoms with van der Waals surface area (Å²) in [5.74, 6) is 0.977. The molecule has 2 nitrogen and oxygen atoms in total. The summed E-state index contributed by atoms with van der Waals surface area (Å²) in [6, 6.07) is 10.6. The Bertz CT molecular complexity index is 570. The van der Waals surface area contributed by atoms with Crippen molar-refractivity contribution in [2.24, 2.45) is 0 Å². The van der Waals surface area contributed by atoms with Gasteiger partial charge in [0, 0.05) is 28.9 Å². The fourth-order valence-electron chi connectivity index (χ4n) is 2.61. The van der Waals surface area contributed by atoms with Crippen LogP contribution in [0.2, 0.25) is 5.02 Å². The molecule has 20 heavy (non-hydrogen) atoms. The molecule has 0 spiro atoms. The van der Waals surface area contributed by atoms with Gasteiger partial charge in [-0.3, -0.25) is 0 Å². The number of benzene rings is 1. The van der Waals surface area contributed by atoms with E-state index in [-0.39, 0.29) is 6.10 Å². The lowest BCUT2D eigenvalue weighted by Crippen LogP contribution is -2.32. The van der Waals surface area contributed by atoms with Crippen molar-refractivity contribution >= 4 is 22.9 Å². The van der Waals surface area contributed by atoms with E-state index in [2.05, 4.69) is 29.8 Å². The third kappa shape index (κ3) is 3.00. The zero-order valence-electron chi connectivity index (χ0n) is 11.4. The van der Waals surface area contributed by atoms with Gasteiger partial charge in [-0.05, 0) is 41.6 Å². The standard InChI is InChI=1S/C16H18ClNOS/c1-2-14(16-4-3-7-20-16)18-10-13-9-11-8-12(17)5-6-15(11)19-13/h3-8,13-14,18H,2,9-10H2,1H3. The molecule has 1 aliphatic heterocycles.